The van der Waals surface area contributed by atoms with Crippen LogP contribution in [0, 0.1) is 0 Å². The topological polar surface area (TPSA) is 150 Å². The first-order valence-corrected chi connectivity index (χ1v) is 19.8. The summed E-state index contributed by atoms with van der Waals surface area (Å²) in [6, 6.07) is 24.8. The summed E-state index contributed by atoms with van der Waals surface area (Å²) in [6.07, 6.45) is 2.40. The van der Waals surface area contributed by atoms with Crippen molar-refractivity contribution in [3.63, 3.8) is 0 Å². The van der Waals surface area contributed by atoms with Crippen LogP contribution in [0.25, 0.3) is 0 Å². The Balaban J connectivity index is 1.12. The Hall–Kier alpha value is -4.94. The first-order valence-electron chi connectivity index (χ1n) is 18.1. The monoisotopic (exact) mass is 774 g/mol. The number of aliphatic carboxylic acids is 1. The van der Waals surface area contributed by atoms with Crippen molar-refractivity contribution < 1.29 is 48.1 Å². The van der Waals surface area contributed by atoms with E-state index >= 15 is 0 Å². The second-order valence-corrected chi connectivity index (χ2v) is 15.2. The highest BCUT2D eigenvalue weighted by molar-refractivity contribution is 7.14. The van der Waals surface area contributed by atoms with Crippen molar-refractivity contribution in [1.82, 2.24) is 0 Å². The SMILES string of the molecule is CC[C@](CCCCOC(=O)[C@H](C)c1ccc(C(=O)c2ccccc2)s1)(OC(=O)CCCCCOC(=O)[C@H](C)c1ccc(C(=O)c2ccccc2)s1)C(=O)O. The Bertz CT molecular complexity index is 1880. The van der Waals surface area contributed by atoms with E-state index in [2.05, 4.69) is 0 Å². The van der Waals surface area contributed by atoms with Gasteiger partial charge in [-0.15, -0.1) is 22.7 Å². The number of unbranched alkanes of at least 4 members (excludes halogenated alkanes) is 3. The molecule has 0 saturated carbocycles. The fourth-order valence-corrected chi connectivity index (χ4v) is 7.66. The lowest BCUT2D eigenvalue weighted by Crippen LogP contribution is -2.43. The van der Waals surface area contributed by atoms with Crippen LogP contribution >= 0.6 is 22.7 Å². The Labute approximate surface area is 323 Å². The van der Waals surface area contributed by atoms with E-state index in [1.165, 1.54) is 22.7 Å². The van der Waals surface area contributed by atoms with Crippen molar-refractivity contribution in [3.8, 4) is 0 Å². The second-order valence-electron chi connectivity index (χ2n) is 13.0. The molecule has 4 aromatic rings. The summed E-state index contributed by atoms with van der Waals surface area (Å²) in [6.45, 7) is 5.33. The Morgan fingerprint density at radius 2 is 1.09 bits per heavy atom. The van der Waals surface area contributed by atoms with Gasteiger partial charge in [0, 0.05) is 27.3 Å². The first kappa shape index (κ1) is 41.8. The van der Waals surface area contributed by atoms with Gasteiger partial charge < -0.3 is 19.3 Å². The third-order valence-electron chi connectivity index (χ3n) is 9.09. The number of ether oxygens (including phenoxy) is 3. The lowest BCUT2D eigenvalue weighted by molar-refractivity contribution is -0.180. The number of ketones is 2. The zero-order chi connectivity index (χ0) is 39.1. The number of carbonyl (C=O) groups is 6. The summed E-state index contributed by atoms with van der Waals surface area (Å²) in [5.74, 6) is -4.01. The molecule has 54 heavy (non-hydrogen) atoms. The van der Waals surface area contributed by atoms with Gasteiger partial charge in [0.1, 0.15) is 0 Å². The number of carbonyl (C=O) groups excluding carboxylic acids is 5. The van der Waals surface area contributed by atoms with Crippen LogP contribution in [0.4, 0.5) is 0 Å². The number of rotatable bonds is 22. The van der Waals surface area contributed by atoms with E-state index in [1.807, 2.05) is 12.1 Å². The normalized spacial score (nSPS) is 13.2. The molecule has 4 rings (SSSR count). The van der Waals surface area contributed by atoms with E-state index in [9.17, 15) is 33.9 Å². The van der Waals surface area contributed by atoms with Crippen LogP contribution in [0.15, 0.2) is 84.9 Å². The summed E-state index contributed by atoms with van der Waals surface area (Å²) in [5, 5.41) is 9.98. The number of hydrogen-bond donors (Lipinski definition) is 1. The Morgan fingerprint density at radius 1 is 0.630 bits per heavy atom. The van der Waals surface area contributed by atoms with Crippen LogP contribution in [0.2, 0.25) is 0 Å². The van der Waals surface area contributed by atoms with E-state index in [0.29, 0.717) is 57.9 Å². The minimum Gasteiger partial charge on any atom is -0.478 e. The molecule has 0 aliphatic rings. The van der Waals surface area contributed by atoms with E-state index in [0.717, 1.165) is 4.88 Å². The molecule has 0 fully saturated rings. The van der Waals surface area contributed by atoms with Crippen LogP contribution in [0.5, 0.6) is 0 Å². The summed E-state index contributed by atoms with van der Waals surface area (Å²) in [4.78, 5) is 78.2. The molecule has 0 bridgehead atoms. The highest BCUT2D eigenvalue weighted by atomic mass is 32.1. The molecule has 2 heterocycles. The van der Waals surface area contributed by atoms with Gasteiger partial charge in [-0.25, -0.2) is 4.79 Å². The van der Waals surface area contributed by atoms with E-state index in [1.54, 1.807) is 93.6 Å². The molecule has 1 N–H and O–H groups in total. The molecule has 2 aromatic heterocycles. The average molecular weight is 775 g/mol. The fourth-order valence-electron chi connectivity index (χ4n) is 5.64. The maximum Gasteiger partial charge on any atom is 0.348 e. The number of thiophene rings is 2. The third-order valence-corrected chi connectivity index (χ3v) is 11.6. The predicted molar refractivity (Wildman–Crippen MR) is 206 cm³/mol. The maximum atomic E-state index is 12.7. The Morgan fingerprint density at radius 3 is 1.54 bits per heavy atom. The van der Waals surface area contributed by atoms with Gasteiger partial charge in [0.05, 0.1) is 34.8 Å². The smallest absolute Gasteiger partial charge is 0.348 e. The summed E-state index contributed by atoms with van der Waals surface area (Å²) < 4.78 is 16.4. The van der Waals surface area contributed by atoms with Gasteiger partial charge in [0.25, 0.3) is 0 Å². The molecule has 3 atom stereocenters. The van der Waals surface area contributed by atoms with Crippen molar-refractivity contribution in [2.24, 2.45) is 0 Å². The Kier molecular flexibility index (Phi) is 15.9. The van der Waals surface area contributed by atoms with Crippen LogP contribution in [0.1, 0.15) is 124 Å². The molecular formula is C42H46O10S2. The van der Waals surface area contributed by atoms with Crippen molar-refractivity contribution >= 4 is 58.1 Å². The lowest BCUT2D eigenvalue weighted by Gasteiger charge is -2.28. The quantitative estimate of drug-likeness (QED) is 0.0355. The molecule has 0 spiro atoms. The van der Waals surface area contributed by atoms with Crippen molar-refractivity contribution in [2.45, 2.75) is 89.6 Å². The number of carboxylic acid groups (broad SMARTS) is 1. The van der Waals surface area contributed by atoms with Crippen LogP contribution in [0.3, 0.4) is 0 Å². The average Bonchev–Trinajstić information content (AvgIpc) is 3.89. The maximum absolute atomic E-state index is 12.7. The molecule has 2 aromatic carbocycles. The van der Waals surface area contributed by atoms with Gasteiger partial charge >= 0.3 is 23.9 Å². The molecule has 0 saturated heterocycles. The molecule has 12 heteroatoms. The van der Waals surface area contributed by atoms with Crippen LogP contribution < -0.4 is 0 Å². The molecule has 0 radical (unpaired) electrons. The first-order chi connectivity index (χ1) is 26.0. The number of benzene rings is 2. The zero-order valence-corrected chi connectivity index (χ0v) is 32.4. The van der Waals surface area contributed by atoms with Gasteiger partial charge in [0.2, 0.25) is 17.2 Å². The van der Waals surface area contributed by atoms with E-state index in [-0.39, 0.29) is 44.0 Å². The van der Waals surface area contributed by atoms with E-state index < -0.39 is 41.3 Å². The van der Waals surface area contributed by atoms with Gasteiger partial charge in [-0.3, -0.25) is 24.0 Å². The molecule has 10 nitrogen and oxygen atoms in total. The van der Waals surface area contributed by atoms with Crippen LogP contribution in [-0.2, 0) is 33.4 Å². The molecule has 0 amide bonds. The lowest BCUT2D eigenvalue weighted by atomic mass is 9.93. The predicted octanol–water partition coefficient (Wildman–Crippen LogP) is 8.77. The number of carboxylic acids is 1. The van der Waals surface area contributed by atoms with Crippen molar-refractivity contribution in [2.75, 3.05) is 13.2 Å². The third kappa shape index (κ3) is 11.5. The summed E-state index contributed by atoms with van der Waals surface area (Å²) in [7, 11) is 0. The fraction of sp³-hybridized carbons (Fsp3) is 0.381. The molecule has 0 unspecified atom stereocenters. The van der Waals surface area contributed by atoms with Gasteiger partial charge in [-0.1, -0.05) is 67.6 Å². The largest absolute Gasteiger partial charge is 0.478 e. The van der Waals surface area contributed by atoms with Crippen LogP contribution in [-0.4, -0.2) is 59.4 Å². The van der Waals surface area contributed by atoms with E-state index in [4.69, 9.17) is 14.2 Å². The molecule has 286 valence electrons. The molecule has 0 aliphatic heterocycles. The molecule has 0 aliphatic carbocycles. The molecular weight excluding hydrogens is 729 g/mol. The number of esters is 3. The zero-order valence-electron chi connectivity index (χ0n) is 30.7. The minimum absolute atomic E-state index is 0.0175. The van der Waals surface area contributed by atoms with Crippen molar-refractivity contribution in [1.29, 1.82) is 0 Å². The van der Waals surface area contributed by atoms with Gasteiger partial charge in [-0.2, -0.15) is 0 Å². The number of hydrogen-bond acceptors (Lipinski definition) is 11. The highest BCUT2D eigenvalue weighted by Gasteiger charge is 2.40. The van der Waals surface area contributed by atoms with Gasteiger partial charge in [0.15, 0.2) is 0 Å². The van der Waals surface area contributed by atoms with Gasteiger partial charge in [-0.05, 0) is 83.1 Å². The summed E-state index contributed by atoms with van der Waals surface area (Å²) >= 11 is 2.52. The highest BCUT2D eigenvalue weighted by Crippen LogP contribution is 2.30. The standard InChI is InChI=1S/C42H46O10S2/c1-4-42(41(48)49,25-13-15-27-51-40(47)29(3)33-22-24-35(54-33)38(45)31-18-10-6-11-19-31)52-36(43)20-12-7-14-26-50-39(46)28(2)32-21-23-34(53-32)37(44)30-16-8-5-9-17-30/h5-6,8-11,16-19,21-24,28-29H,4,7,12-15,20,25-27H2,1-3H3,(H,48,49)/t28-,29-,42-/m1/s1. The minimum atomic E-state index is -1.69. The van der Waals surface area contributed by atoms with Crippen molar-refractivity contribution in [3.05, 3.63) is 116 Å². The summed E-state index contributed by atoms with van der Waals surface area (Å²) in [5.41, 5.74) is -0.534. The second kappa shape index (κ2) is 20.5.